The third kappa shape index (κ3) is 2.77. The van der Waals surface area contributed by atoms with Crippen LogP contribution in [0.3, 0.4) is 0 Å². The molecule has 0 bridgehead atoms. The Morgan fingerprint density at radius 1 is 1.35 bits per heavy atom. The van der Waals surface area contributed by atoms with Crippen molar-refractivity contribution in [2.75, 3.05) is 7.05 Å². The molecule has 0 aromatic heterocycles. The van der Waals surface area contributed by atoms with Gasteiger partial charge in [0, 0.05) is 7.05 Å². The van der Waals surface area contributed by atoms with Crippen molar-refractivity contribution in [2.45, 2.75) is 45.9 Å². The van der Waals surface area contributed by atoms with Crippen molar-refractivity contribution < 1.29 is 9.53 Å². The summed E-state index contributed by atoms with van der Waals surface area (Å²) in [6.45, 7) is 7.85. The molecule has 5 unspecified atom stereocenters. The molecule has 1 saturated heterocycles. The average molecular weight is 258 g/mol. The maximum Gasteiger partial charge on any atom is 0.228 e. The fourth-order valence-corrected chi connectivity index (χ4v) is 2.47. The summed E-state index contributed by atoms with van der Waals surface area (Å²) < 4.78 is 5.69. The first-order valence-electron chi connectivity index (χ1n) is 5.98. The van der Waals surface area contributed by atoms with E-state index in [1.807, 2.05) is 20.8 Å². The van der Waals surface area contributed by atoms with E-state index >= 15 is 0 Å². The lowest BCUT2D eigenvalue weighted by Crippen LogP contribution is -2.47. The van der Waals surface area contributed by atoms with Crippen molar-refractivity contribution >= 4 is 23.1 Å². The van der Waals surface area contributed by atoms with Crippen LogP contribution in [0.15, 0.2) is 0 Å². The largest absolute Gasteiger partial charge is 0.392 e. The molecule has 1 amide bonds. The Bertz CT molecular complexity index is 322. The lowest BCUT2D eigenvalue weighted by molar-refractivity contribution is -0.137. The van der Waals surface area contributed by atoms with Crippen LogP contribution in [0.2, 0.25) is 0 Å². The molecule has 0 aromatic rings. The monoisotopic (exact) mass is 258 g/mol. The van der Waals surface area contributed by atoms with Crippen molar-refractivity contribution in [2.24, 2.45) is 17.6 Å². The number of rotatable bonds is 3. The molecule has 4 nitrogen and oxygen atoms in total. The van der Waals surface area contributed by atoms with Crippen molar-refractivity contribution in [1.29, 1.82) is 0 Å². The van der Waals surface area contributed by atoms with E-state index in [2.05, 4.69) is 6.92 Å². The number of likely N-dealkylation sites (N-methyl/N-ethyl adjacent to an activating group) is 1. The number of thiocarbonyl (C=S) groups is 1. The number of amides is 1. The molecule has 0 radical (unpaired) electrons. The minimum absolute atomic E-state index is 0.0477. The first-order chi connectivity index (χ1) is 7.77. The number of carbonyl (C=O) groups excluding carboxylic acids is 1. The molecule has 98 valence electrons. The summed E-state index contributed by atoms with van der Waals surface area (Å²) >= 11 is 4.92. The fourth-order valence-electron chi connectivity index (χ4n) is 2.31. The number of ether oxygens (including phenoxy) is 1. The molecule has 0 spiro atoms. The minimum Gasteiger partial charge on any atom is -0.392 e. The smallest absolute Gasteiger partial charge is 0.228 e. The molecule has 2 N–H and O–H groups in total. The summed E-state index contributed by atoms with van der Waals surface area (Å²) in [6, 6.07) is -0.215. The fraction of sp³-hybridized carbons (Fsp3) is 0.833. The molecular weight excluding hydrogens is 236 g/mol. The van der Waals surface area contributed by atoms with Gasteiger partial charge in [-0.3, -0.25) is 4.79 Å². The van der Waals surface area contributed by atoms with Crippen LogP contribution in [0, 0.1) is 11.8 Å². The number of nitrogens with zero attached hydrogens (tertiary/aromatic N) is 1. The van der Waals surface area contributed by atoms with Crippen molar-refractivity contribution in [3.8, 4) is 0 Å². The van der Waals surface area contributed by atoms with Crippen LogP contribution < -0.4 is 5.73 Å². The standard InChI is InChI=1S/C12H22N2O2S/c1-6-8(3)16-9(4)10(6)12(15)14(5)7(2)11(13)17/h6-10H,1-5H3,(H2,13,17). The molecular formula is C12H22N2O2S. The van der Waals surface area contributed by atoms with Crippen molar-refractivity contribution in [3.05, 3.63) is 0 Å². The lowest BCUT2D eigenvalue weighted by atomic mass is 9.88. The third-order valence-electron chi connectivity index (χ3n) is 3.87. The Kier molecular flexibility index (Phi) is 4.49. The summed E-state index contributed by atoms with van der Waals surface area (Å²) in [7, 11) is 1.74. The van der Waals surface area contributed by atoms with Crippen LogP contribution in [0.1, 0.15) is 27.7 Å². The van der Waals surface area contributed by atoms with Crippen LogP contribution in [0.4, 0.5) is 0 Å². The van der Waals surface area contributed by atoms with Gasteiger partial charge in [0.25, 0.3) is 0 Å². The molecule has 1 rings (SSSR count). The Morgan fingerprint density at radius 3 is 2.24 bits per heavy atom. The highest BCUT2D eigenvalue weighted by atomic mass is 32.1. The Labute approximate surface area is 108 Å². The highest BCUT2D eigenvalue weighted by Gasteiger charge is 2.43. The zero-order chi connectivity index (χ0) is 13.3. The van der Waals surface area contributed by atoms with Crippen LogP contribution in [0.5, 0.6) is 0 Å². The van der Waals surface area contributed by atoms with Crippen LogP contribution in [0.25, 0.3) is 0 Å². The summed E-state index contributed by atoms with van der Waals surface area (Å²) in [5.41, 5.74) is 5.58. The van der Waals surface area contributed by atoms with Gasteiger partial charge in [0.05, 0.1) is 29.2 Å². The maximum atomic E-state index is 12.4. The van der Waals surface area contributed by atoms with Gasteiger partial charge in [0.2, 0.25) is 5.91 Å². The molecule has 0 aliphatic carbocycles. The van der Waals surface area contributed by atoms with Gasteiger partial charge < -0.3 is 15.4 Å². The second kappa shape index (κ2) is 5.31. The van der Waals surface area contributed by atoms with E-state index in [1.165, 1.54) is 0 Å². The zero-order valence-electron chi connectivity index (χ0n) is 11.1. The van der Waals surface area contributed by atoms with Gasteiger partial charge in [-0.2, -0.15) is 0 Å². The van der Waals surface area contributed by atoms with Gasteiger partial charge in [-0.05, 0) is 26.7 Å². The average Bonchev–Trinajstić information content (AvgIpc) is 2.50. The Balaban J connectivity index is 2.79. The molecule has 1 fully saturated rings. The first-order valence-corrected chi connectivity index (χ1v) is 6.39. The van der Waals surface area contributed by atoms with Gasteiger partial charge in [-0.25, -0.2) is 0 Å². The number of hydrogen-bond acceptors (Lipinski definition) is 3. The molecule has 0 aromatic carbocycles. The predicted octanol–water partition coefficient (Wildman–Crippen LogP) is 1.18. The van der Waals surface area contributed by atoms with Gasteiger partial charge >= 0.3 is 0 Å². The molecule has 5 heteroatoms. The number of hydrogen-bond donors (Lipinski definition) is 1. The SMILES string of the molecule is CC1OC(C)C(C(=O)N(C)C(C)C(N)=S)C1C. The topological polar surface area (TPSA) is 55.6 Å². The predicted molar refractivity (Wildman–Crippen MR) is 71.7 cm³/mol. The molecule has 5 atom stereocenters. The zero-order valence-corrected chi connectivity index (χ0v) is 12.0. The minimum atomic E-state index is -0.215. The quantitative estimate of drug-likeness (QED) is 0.772. The first kappa shape index (κ1) is 14.4. The second-order valence-electron chi connectivity index (χ2n) is 4.96. The summed E-state index contributed by atoms with van der Waals surface area (Å²) in [5.74, 6) is 0.181. The highest BCUT2D eigenvalue weighted by Crippen LogP contribution is 2.33. The van der Waals surface area contributed by atoms with Crippen LogP contribution >= 0.6 is 12.2 Å². The van der Waals surface area contributed by atoms with Gasteiger partial charge in [-0.1, -0.05) is 19.1 Å². The van der Waals surface area contributed by atoms with E-state index in [1.54, 1.807) is 11.9 Å². The van der Waals surface area contributed by atoms with Gasteiger partial charge in [-0.15, -0.1) is 0 Å². The normalized spacial score (nSPS) is 34.4. The van der Waals surface area contributed by atoms with Crippen molar-refractivity contribution in [3.63, 3.8) is 0 Å². The van der Waals surface area contributed by atoms with Gasteiger partial charge in [0.15, 0.2) is 0 Å². The number of carbonyl (C=O) groups is 1. The lowest BCUT2D eigenvalue weighted by Gasteiger charge is -2.29. The Morgan fingerprint density at radius 2 is 1.88 bits per heavy atom. The molecule has 0 saturated carbocycles. The molecule has 1 heterocycles. The third-order valence-corrected chi connectivity index (χ3v) is 4.21. The Hall–Kier alpha value is -0.680. The summed E-state index contributed by atoms with van der Waals surface area (Å²) in [4.78, 5) is 14.4. The van der Waals surface area contributed by atoms with Crippen LogP contribution in [-0.4, -0.2) is 41.1 Å². The summed E-state index contributed by atoms with van der Waals surface area (Å²) in [6.07, 6.45) is 0.0704. The number of nitrogens with two attached hydrogens (primary N) is 1. The summed E-state index contributed by atoms with van der Waals surface area (Å²) in [5, 5.41) is 0. The van der Waals surface area contributed by atoms with E-state index in [4.69, 9.17) is 22.7 Å². The van der Waals surface area contributed by atoms with Gasteiger partial charge in [0.1, 0.15) is 0 Å². The van der Waals surface area contributed by atoms with E-state index in [0.29, 0.717) is 4.99 Å². The molecule has 17 heavy (non-hydrogen) atoms. The van der Waals surface area contributed by atoms with E-state index < -0.39 is 0 Å². The van der Waals surface area contributed by atoms with E-state index in [9.17, 15) is 4.79 Å². The molecule has 1 aliphatic heterocycles. The molecule has 1 aliphatic rings. The van der Waals surface area contributed by atoms with Crippen LogP contribution in [-0.2, 0) is 9.53 Å². The van der Waals surface area contributed by atoms with Crippen molar-refractivity contribution in [1.82, 2.24) is 4.90 Å². The van der Waals surface area contributed by atoms with E-state index in [-0.39, 0.29) is 36.0 Å². The van der Waals surface area contributed by atoms with E-state index in [0.717, 1.165) is 0 Å². The second-order valence-corrected chi connectivity index (χ2v) is 5.43. The maximum absolute atomic E-state index is 12.4. The highest BCUT2D eigenvalue weighted by molar-refractivity contribution is 7.80.